The zero-order valence-corrected chi connectivity index (χ0v) is 26.3. The Morgan fingerprint density at radius 2 is 1.76 bits per heavy atom. The summed E-state index contributed by atoms with van der Waals surface area (Å²) >= 11 is 6.27. The predicted molar refractivity (Wildman–Crippen MR) is 164 cm³/mol. The van der Waals surface area contributed by atoms with Crippen LogP contribution in [0.15, 0.2) is 40.8 Å². The first-order chi connectivity index (χ1) is 21.3. The van der Waals surface area contributed by atoms with Gasteiger partial charge in [0.05, 0.1) is 16.5 Å². The first-order valence-corrected chi connectivity index (χ1v) is 15.5. The number of benzene rings is 2. The Labute approximate surface area is 265 Å². The number of hydrogen-bond acceptors (Lipinski definition) is 6. The van der Waals surface area contributed by atoms with Gasteiger partial charge in [-0.15, -0.1) is 0 Å². The lowest BCUT2D eigenvalue weighted by atomic mass is 9.86. The lowest BCUT2D eigenvalue weighted by Crippen LogP contribution is -2.49. The summed E-state index contributed by atoms with van der Waals surface area (Å²) in [4.78, 5) is 24.4. The maximum Gasteiger partial charge on any atom is 0.423 e. The van der Waals surface area contributed by atoms with E-state index in [0.29, 0.717) is 60.0 Å². The molecule has 1 aliphatic carbocycles. The number of fused-ring (bicyclic) bond motifs is 1. The average molecular weight is 658 g/mol. The van der Waals surface area contributed by atoms with Gasteiger partial charge < -0.3 is 14.4 Å². The largest absolute Gasteiger partial charge is 0.458 e. The van der Waals surface area contributed by atoms with Gasteiger partial charge >= 0.3 is 6.18 Å². The number of rotatable bonds is 6. The number of alkyl halides is 3. The van der Waals surface area contributed by atoms with E-state index in [1.54, 1.807) is 11.0 Å². The van der Waals surface area contributed by atoms with Gasteiger partial charge in [-0.1, -0.05) is 75.1 Å². The minimum atomic E-state index is -4.69. The number of aryl methyl sites for hydroxylation is 1. The lowest BCUT2D eigenvalue weighted by Gasteiger charge is -2.33. The Hall–Kier alpha value is -3.22. The van der Waals surface area contributed by atoms with E-state index < -0.39 is 29.0 Å². The van der Waals surface area contributed by atoms with Gasteiger partial charge in [-0.2, -0.15) is 13.2 Å². The van der Waals surface area contributed by atoms with E-state index in [4.69, 9.17) is 21.1 Å². The number of piperazine rings is 1. The molecule has 1 N–H and O–H groups in total. The number of aliphatic hydroxyl groups excluding tert-OH is 1. The molecule has 5 rings (SSSR count). The molecule has 0 spiro atoms. The van der Waals surface area contributed by atoms with E-state index >= 15 is 0 Å². The molecule has 0 radical (unpaired) electrons. The molecule has 248 valence electrons. The number of nitro groups is 1. The molecule has 2 aromatic carbocycles. The predicted octanol–water partition coefficient (Wildman–Crippen LogP) is 8.15. The van der Waals surface area contributed by atoms with Crippen LogP contribution >= 0.6 is 11.6 Å². The van der Waals surface area contributed by atoms with Crippen molar-refractivity contribution in [2.75, 3.05) is 32.8 Å². The molecule has 0 bridgehead atoms. The fraction of sp³-hybridized carbons (Fsp3) is 0.531. The second kappa shape index (κ2) is 16.9. The summed E-state index contributed by atoms with van der Waals surface area (Å²) in [5, 5.41) is 20.2. The zero-order valence-electron chi connectivity index (χ0n) is 25.5. The van der Waals surface area contributed by atoms with E-state index in [1.165, 1.54) is 70.1 Å². The molecule has 13 heteroatoms. The van der Waals surface area contributed by atoms with Gasteiger partial charge in [0.25, 0.3) is 5.69 Å². The van der Waals surface area contributed by atoms with Crippen molar-refractivity contribution >= 4 is 34.2 Å². The number of halogens is 5. The molecule has 3 aromatic rings. The third-order valence-corrected chi connectivity index (χ3v) is 8.37. The Kier molecular flexibility index (Phi) is 13.6. The molecule has 1 aliphatic heterocycles. The SMILES string of the molecule is CCCC1CCCCC1.Cc1ccc([N+](=O)[O-])c(C(F)(F)F)c1.O=C(CO)N1CCN(Cc2oc3ccc(F)cc3c2Cl)CC1. The van der Waals surface area contributed by atoms with Crippen molar-refractivity contribution in [1.29, 1.82) is 0 Å². The molecule has 2 heterocycles. The number of nitro benzene ring substituents is 1. The first kappa shape index (κ1) is 36.3. The fourth-order valence-corrected chi connectivity index (χ4v) is 5.82. The van der Waals surface area contributed by atoms with Gasteiger partial charge in [-0.25, -0.2) is 4.39 Å². The Morgan fingerprint density at radius 1 is 1.09 bits per heavy atom. The van der Waals surface area contributed by atoms with E-state index in [-0.39, 0.29) is 11.7 Å². The van der Waals surface area contributed by atoms with Crippen LogP contribution in [0.2, 0.25) is 5.02 Å². The number of amides is 1. The van der Waals surface area contributed by atoms with Crippen molar-refractivity contribution in [3.05, 3.63) is 74.2 Å². The third-order valence-electron chi connectivity index (χ3n) is 7.96. The van der Waals surface area contributed by atoms with E-state index in [9.17, 15) is 32.5 Å². The van der Waals surface area contributed by atoms with Crippen LogP contribution in [-0.4, -0.2) is 58.5 Å². The Morgan fingerprint density at radius 3 is 2.33 bits per heavy atom. The highest BCUT2D eigenvalue weighted by atomic mass is 35.5. The minimum Gasteiger partial charge on any atom is -0.458 e. The fourth-order valence-electron chi connectivity index (χ4n) is 5.57. The molecule has 1 saturated carbocycles. The molecule has 2 fully saturated rings. The smallest absolute Gasteiger partial charge is 0.423 e. The number of carbonyl (C=O) groups excluding carboxylic acids is 1. The Bertz CT molecular complexity index is 1420. The molecular formula is C32H40ClF4N3O5. The molecule has 1 aromatic heterocycles. The van der Waals surface area contributed by atoms with Crippen LogP contribution < -0.4 is 0 Å². The van der Waals surface area contributed by atoms with Crippen molar-refractivity contribution in [3.8, 4) is 0 Å². The normalized spacial score (nSPS) is 16.0. The minimum absolute atomic E-state index is 0.253. The summed E-state index contributed by atoms with van der Waals surface area (Å²) < 4.78 is 55.8. The highest BCUT2D eigenvalue weighted by Gasteiger charge is 2.38. The van der Waals surface area contributed by atoms with Gasteiger partial charge in [0, 0.05) is 37.6 Å². The topological polar surface area (TPSA) is 100 Å². The molecule has 0 unspecified atom stereocenters. The number of hydrogen-bond donors (Lipinski definition) is 1. The molecule has 0 atom stereocenters. The van der Waals surface area contributed by atoms with Crippen LogP contribution in [0, 0.1) is 28.8 Å². The average Bonchev–Trinajstić information content (AvgIpc) is 3.31. The highest BCUT2D eigenvalue weighted by molar-refractivity contribution is 6.36. The van der Waals surface area contributed by atoms with E-state index in [1.807, 2.05) is 0 Å². The zero-order chi connectivity index (χ0) is 33.1. The maximum atomic E-state index is 13.3. The third kappa shape index (κ3) is 10.7. The summed E-state index contributed by atoms with van der Waals surface area (Å²) in [5.74, 6) is 1.10. The quantitative estimate of drug-likeness (QED) is 0.163. The molecule has 45 heavy (non-hydrogen) atoms. The number of aliphatic hydroxyl groups is 1. The van der Waals surface area contributed by atoms with Crippen molar-refractivity contribution in [1.82, 2.24) is 9.80 Å². The van der Waals surface area contributed by atoms with Crippen LogP contribution in [0.25, 0.3) is 11.0 Å². The van der Waals surface area contributed by atoms with Gasteiger partial charge in [0.2, 0.25) is 5.91 Å². The number of carbonyl (C=O) groups is 1. The molecule has 2 aliphatic rings. The second-order valence-electron chi connectivity index (χ2n) is 11.4. The van der Waals surface area contributed by atoms with Crippen LogP contribution in [-0.2, 0) is 17.5 Å². The highest BCUT2D eigenvalue weighted by Crippen LogP contribution is 2.36. The maximum absolute atomic E-state index is 13.3. The van der Waals surface area contributed by atoms with Crippen LogP contribution in [0.4, 0.5) is 23.2 Å². The second-order valence-corrected chi connectivity index (χ2v) is 11.7. The van der Waals surface area contributed by atoms with Crippen molar-refractivity contribution in [2.24, 2.45) is 5.92 Å². The monoisotopic (exact) mass is 657 g/mol. The van der Waals surface area contributed by atoms with Crippen LogP contribution in [0.3, 0.4) is 0 Å². The summed E-state index contributed by atoms with van der Waals surface area (Å²) in [5.41, 5.74) is -1.22. The summed E-state index contributed by atoms with van der Waals surface area (Å²) in [6.07, 6.45) is 5.75. The van der Waals surface area contributed by atoms with Gasteiger partial charge in [0.15, 0.2) is 0 Å². The first-order valence-electron chi connectivity index (χ1n) is 15.1. The summed E-state index contributed by atoms with van der Waals surface area (Å²) in [6.45, 7) is 6.27. The molecular weight excluding hydrogens is 618 g/mol. The van der Waals surface area contributed by atoms with E-state index in [2.05, 4.69) is 11.8 Å². The Balaban J connectivity index is 0.000000205. The lowest BCUT2D eigenvalue weighted by molar-refractivity contribution is -0.388. The van der Waals surface area contributed by atoms with E-state index in [0.717, 1.165) is 18.1 Å². The van der Waals surface area contributed by atoms with Gasteiger partial charge in [0.1, 0.15) is 29.3 Å². The summed E-state index contributed by atoms with van der Waals surface area (Å²) in [6, 6.07) is 7.16. The van der Waals surface area contributed by atoms with Crippen LogP contribution in [0.5, 0.6) is 0 Å². The molecule has 1 amide bonds. The number of furan rings is 1. The van der Waals surface area contributed by atoms with Crippen LogP contribution in [0.1, 0.15) is 68.8 Å². The van der Waals surface area contributed by atoms with Crippen molar-refractivity contribution in [2.45, 2.75) is 71.5 Å². The molecule has 8 nitrogen and oxygen atoms in total. The standard InChI is InChI=1S/C15H16ClFN2O3.C9H18.C8H6F3NO2/c16-15-11-7-10(17)1-2-12(11)22-13(15)8-18-3-5-19(6-4-18)14(21)9-20;1-2-6-9-7-4-3-5-8-9;1-5-2-3-7(12(13)14)6(4-5)8(9,10)11/h1-2,7,20H,3-6,8-9H2;9H,2-8H2,1H3;2-4H,1H3. The molecule has 1 saturated heterocycles. The van der Waals surface area contributed by atoms with Gasteiger partial charge in [-0.05, 0) is 37.1 Å². The van der Waals surface area contributed by atoms with Crippen molar-refractivity contribution < 1.29 is 36.8 Å². The summed E-state index contributed by atoms with van der Waals surface area (Å²) in [7, 11) is 0. The van der Waals surface area contributed by atoms with Gasteiger partial charge in [-0.3, -0.25) is 19.8 Å². The van der Waals surface area contributed by atoms with Crippen molar-refractivity contribution in [3.63, 3.8) is 0 Å². The number of nitrogens with zero attached hydrogens (tertiary/aromatic N) is 3.